The van der Waals surface area contributed by atoms with Gasteiger partial charge in [-0.25, -0.2) is 4.39 Å². The molecule has 2 aromatic carbocycles. The van der Waals surface area contributed by atoms with E-state index >= 15 is 0 Å². The van der Waals surface area contributed by atoms with Crippen molar-refractivity contribution in [3.05, 3.63) is 68.4 Å². The number of hydrogen-bond donors (Lipinski definition) is 2. The van der Waals surface area contributed by atoms with E-state index in [0.717, 1.165) is 11.6 Å². The van der Waals surface area contributed by atoms with Gasteiger partial charge >= 0.3 is 0 Å². The molecule has 0 bridgehead atoms. The van der Waals surface area contributed by atoms with Gasteiger partial charge in [0, 0.05) is 15.1 Å². The van der Waals surface area contributed by atoms with Crippen molar-refractivity contribution in [1.29, 1.82) is 0 Å². The van der Waals surface area contributed by atoms with Gasteiger partial charge in [0.25, 0.3) is 0 Å². The second-order valence-corrected chi connectivity index (χ2v) is 5.34. The van der Waals surface area contributed by atoms with Gasteiger partial charge in [0.2, 0.25) is 0 Å². The van der Waals surface area contributed by atoms with Crippen LogP contribution in [-0.2, 0) is 6.61 Å². The minimum atomic E-state index is -0.963. The van der Waals surface area contributed by atoms with Gasteiger partial charge in [0.05, 0.1) is 6.61 Å². The van der Waals surface area contributed by atoms with Gasteiger partial charge in [0.1, 0.15) is 11.9 Å². The van der Waals surface area contributed by atoms with Crippen molar-refractivity contribution >= 4 is 27.5 Å². The molecule has 0 radical (unpaired) electrons. The molecule has 0 saturated carbocycles. The monoisotopic (exact) mass is 344 g/mol. The Kier molecular flexibility index (Phi) is 4.58. The summed E-state index contributed by atoms with van der Waals surface area (Å²) < 4.78 is 13.6. The van der Waals surface area contributed by atoms with E-state index in [9.17, 15) is 9.50 Å². The van der Waals surface area contributed by atoms with E-state index in [1.54, 1.807) is 18.2 Å². The quantitative estimate of drug-likeness (QED) is 0.888. The Bertz CT molecular complexity index is 604. The van der Waals surface area contributed by atoms with E-state index in [1.807, 2.05) is 0 Å². The zero-order valence-electron chi connectivity index (χ0n) is 9.78. The summed E-state index contributed by atoms with van der Waals surface area (Å²) in [5.74, 6) is -0.448. The summed E-state index contributed by atoms with van der Waals surface area (Å²) in [4.78, 5) is 0. The predicted molar refractivity (Wildman–Crippen MR) is 75.5 cm³/mol. The Labute approximate surface area is 123 Å². The highest BCUT2D eigenvalue weighted by Crippen LogP contribution is 2.33. The van der Waals surface area contributed by atoms with E-state index in [2.05, 4.69) is 15.9 Å². The van der Waals surface area contributed by atoms with Crippen LogP contribution in [0, 0.1) is 5.82 Å². The van der Waals surface area contributed by atoms with Crippen LogP contribution in [0.2, 0.25) is 5.02 Å². The van der Waals surface area contributed by atoms with Gasteiger partial charge in [0.15, 0.2) is 0 Å². The normalized spacial score (nSPS) is 12.5. The Morgan fingerprint density at radius 3 is 2.42 bits per heavy atom. The van der Waals surface area contributed by atoms with Crippen LogP contribution in [0.5, 0.6) is 0 Å². The number of halogens is 3. The van der Waals surface area contributed by atoms with Crippen molar-refractivity contribution in [2.24, 2.45) is 0 Å². The van der Waals surface area contributed by atoms with Gasteiger partial charge in [-0.3, -0.25) is 0 Å². The molecule has 0 saturated heterocycles. The maximum atomic E-state index is 13.0. The molecule has 0 spiro atoms. The van der Waals surface area contributed by atoms with Gasteiger partial charge in [-0.2, -0.15) is 0 Å². The fourth-order valence-electron chi connectivity index (χ4n) is 1.78. The standard InChI is InChI=1S/C14H11BrClFO2/c15-12-5-8(7-18)1-3-10(12)14(19)11-4-2-9(17)6-13(11)16/h1-6,14,18-19H,7H2. The van der Waals surface area contributed by atoms with E-state index in [4.69, 9.17) is 16.7 Å². The summed E-state index contributed by atoms with van der Waals surface area (Å²) in [6.45, 7) is -0.0771. The van der Waals surface area contributed by atoms with E-state index in [1.165, 1.54) is 12.1 Å². The van der Waals surface area contributed by atoms with E-state index < -0.39 is 11.9 Å². The molecule has 100 valence electrons. The Balaban J connectivity index is 2.41. The molecule has 0 aromatic heterocycles. The zero-order valence-corrected chi connectivity index (χ0v) is 12.1. The minimum Gasteiger partial charge on any atom is -0.392 e. The smallest absolute Gasteiger partial charge is 0.124 e. The lowest BCUT2D eigenvalue weighted by atomic mass is 10.0. The van der Waals surface area contributed by atoms with Crippen LogP contribution in [0.25, 0.3) is 0 Å². The molecular weight excluding hydrogens is 335 g/mol. The van der Waals surface area contributed by atoms with Crippen molar-refractivity contribution < 1.29 is 14.6 Å². The first-order valence-electron chi connectivity index (χ1n) is 5.55. The number of benzene rings is 2. The molecule has 19 heavy (non-hydrogen) atoms. The number of hydrogen-bond acceptors (Lipinski definition) is 2. The molecular formula is C14H11BrClFO2. The Hall–Kier alpha value is -0.940. The molecule has 0 fully saturated rings. The average molecular weight is 346 g/mol. The maximum Gasteiger partial charge on any atom is 0.124 e. The first kappa shape index (κ1) is 14.5. The molecule has 1 unspecified atom stereocenters. The summed E-state index contributed by atoms with van der Waals surface area (Å²) in [7, 11) is 0. The summed E-state index contributed by atoms with van der Waals surface area (Å²) in [6, 6.07) is 8.99. The van der Waals surface area contributed by atoms with Gasteiger partial charge in [-0.1, -0.05) is 45.7 Å². The highest BCUT2D eigenvalue weighted by atomic mass is 79.9. The van der Waals surface area contributed by atoms with E-state index in [0.29, 0.717) is 15.6 Å². The third-order valence-corrected chi connectivity index (χ3v) is 3.81. The molecule has 2 N–H and O–H groups in total. The second kappa shape index (κ2) is 6.01. The van der Waals surface area contributed by atoms with Crippen molar-refractivity contribution in [3.8, 4) is 0 Å². The van der Waals surface area contributed by atoms with Crippen LogP contribution in [-0.4, -0.2) is 10.2 Å². The fraction of sp³-hybridized carbons (Fsp3) is 0.143. The second-order valence-electron chi connectivity index (χ2n) is 4.08. The molecule has 0 amide bonds. The molecule has 5 heteroatoms. The molecule has 2 aromatic rings. The summed E-state index contributed by atoms with van der Waals surface area (Å²) >= 11 is 9.27. The van der Waals surface area contributed by atoms with Crippen molar-refractivity contribution in [3.63, 3.8) is 0 Å². The number of rotatable bonds is 3. The SMILES string of the molecule is OCc1ccc(C(O)c2ccc(F)cc2Cl)c(Br)c1. The number of aliphatic hydroxyl groups excluding tert-OH is 2. The van der Waals surface area contributed by atoms with Crippen LogP contribution in [0.4, 0.5) is 4.39 Å². The lowest BCUT2D eigenvalue weighted by molar-refractivity contribution is 0.219. The molecule has 2 nitrogen and oxygen atoms in total. The molecule has 0 aliphatic carbocycles. The lowest BCUT2D eigenvalue weighted by Gasteiger charge is -2.15. The summed E-state index contributed by atoms with van der Waals surface area (Å²) in [5, 5.41) is 19.5. The van der Waals surface area contributed by atoms with Gasteiger partial charge in [-0.15, -0.1) is 0 Å². The topological polar surface area (TPSA) is 40.5 Å². The van der Waals surface area contributed by atoms with Crippen LogP contribution < -0.4 is 0 Å². The van der Waals surface area contributed by atoms with Crippen LogP contribution in [0.15, 0.2) is 40.9 Å². The van der Waals surface area contributed by atoms with Gasteiger partial charge in [-0.05, 0) is 29.3 Å². The largest absolute Gasteiger partial charge is 0.392 e. The maximum absolute atomic E-state index is 13.0. The van der Waals surface area contributed by atoms with Crippen molar-refractivity contribution in [2.45, 2.75) is 12.7 Å². The first-order chi connectivity index (χ1) is 9.02. The molecule has 0 aliphatic rings. The highest BCUT2D eigenvalue weighted by molar-refractivity contribution is 9.10. The molecule has 0 heterocycles. The van der Waals surface area contributed by atoms with Crippen LogP contribution in [0.1, 0.15) is 22.8 Å². The average Bonchev–Trinajstić information content (AvgIpc) is 2.37. The van der Waals surface area contributed by atoms with Crippen LogP contribution >= 0.6 is 27.5 Å². The van der Waals surface area contributed by atoms with Crippen LogP contribution in [0.3, 0.4) is 0 Å². The van der Waals surface area contributed by atoms with E-state index in [-0.39, 0.29) is 11.6 Å². The summed E-state index contributed by atoms with van der Waals surface area (Å²) in [6.07, 6.45) is -0.963. The highest BCUT2D eigenvalue weighted by Gasteiger charge is 2.17. The first-order valence-corrected chi connectivity index (χ1v) is 6.72. The lowest BCUT2D eigenvalue weighted by Crippen LogP contribution is -2.02. The predicted octanol–water partition coefficient (Wildman–Crippen LogP) is 3.82. The molecule has 2 rings (SSSR count). The Morgan fingerprint density at radius 2 is 1.84 bits per heavy atom. The molecule has 1 atom stereocenters. The fourth-order valence-corrected chi connectivity index (χ4v) is 2.70. The molecule has 0 aliphatic heterocycles. The van der Waals surface area contributed by atoms with Gasteiger partial charge < -0.3 is 10.2 Å². The Morgan fingerprint density at radius 1 is 1.16 bits per heavy atom. The third kappa shape index (κ3) is 3.15. The van der Waals surface area contributed by atoms with Crippen molar-refractivity contribution in [1.82, 2.24) is 0 Å². The summed E-state index contributed by atoms with van der Waals surface area (Å²) in [5.41, 5.74) is 1.76. The number of aliphatic hydroxyl groups is 2. The zero-order chi connectivity index (χ0) is 14.0. The third-order valence-electron chi connectivity index (χ3n) is 2.80. The van der Waals surface area contributed by atoms with Crippen molar-refractivity contribution in [2.75, 3.05) is 0 Å². The minimum absolute atomic E-state index is 0.0771.